The molecule has 1 aliphatic carbocycles. The number of hydrogen-bond donors (Lipinski definition) is 5. The molecule has 0 aromatic heterocycles. The summed E-state index contributed by atoms with van der Waals surface area (Å²) in [6.07, 6.45) is -3.66. The maximum Gasteiger partial charge on any atom is 0.407 e. The highest BCUT2D eigenvalue weighted by atomic mass is 19.4. The van der Waals surface area contributed by atoms with E-state index in [1.807, 2.05) is 29.6 Å². The van der Waals surface area contributed by atoms with E-state index in [4.69, 9.17) is 15.5 Å². The number of nitrogens with zero attached hydrogens (tertiary/aromatic N) is 2. The van der Waals surface area contributed by atoms with Crippen LogP contribution in [0, 0.1) is 34.4 Å². The van der Waals surface area contributed by atoms with Crippen LogP contribution in [0.3, 0.4) is 0 Å². The van der Waals surface area contributed by atoms with Crippen LogP contribution < -0.4 is 16.0 Å². The van der Waals surface area contributed by atoms with Crippen LogP contribution >= 0.6 is 0 Å². The SMILES string of the molecule is CC(C)[C@H](N[C@@H](c1ccc(-c2ccc(C3CC3)cc2)cc1)C(F)(F)F)C(=O)N[C@H](C#N)Cc1ccc(C#N)cc1F.O=C(O)NCCO. The van der Waals surface area contributed by atoms with Gasteiger partial charge in [0.05, 0.1) is 30.4 Å². The fourth-order valence-electron chi connectivity index (χ4n) is 4.92. The third-order valence-corrected chi connectivity index (χ3v) is 7.63. The summed E-state index contributed by atoms with van der Waals surface area (Å²) < 4.78 is 57.1. The average molecular weight is 668 g/mol. The molecule has 0 saturated heterocycles. The zero-order chi connectivity index (χ0) is 35.4. The van der Waals surface area contributed by atoms with Crippen molar-refractivity contribution >= 4 is 12.0 Å². The lowest BCUT2D eigenvalue weighted by Crippen LogP contribution is -2.53. The van der Waals surface area contributed by atoms with Crippen molar-refractivity contribution in [1.82, 2.24) is 16.0 Å². The van der Waals surface area contributed by atoms with E-state index < -0.39 is 48.0 Å². The zero-order valence-electron chi connectivity index (χ0n) is 26.4. The molecule has 2 amide bonds. The molecular weight excluding hydrogens is 630 g/mol. The Bertz CT molecular complexity index is 1610. The number of carbonyl (C=O) groups excluding carboxylic acids is 1. The van der Waals surface area contributed by atoms with Gasteiger partial charge in [-0.05, 0) is 64.6 Å². The van der Waals surface area contributed by atoms with E-state index in [2.05, 4.69) is 22.8 Å². The summed E-state index contributed by atoms with van der Waals surface area (Å²) in [5.74, 6) is -1.47. The van der Waals surface area contributed by atoms with Crippen molar-refractivity contribution in [3.63, 3.8) is 0 Å². The minimum absolute atomic E-state index is 0.0502. The van der Waals surface area contributed by atoms with E-state index in [1.54, 1.807) is 26.0 Å². The van der Waals surface area contributed by atoms with Gasteiger partial charge in [-0.15, -0.1) is 0 Å². The molecule has 0 bridgehead atoms. The van der Waals surface area contributed by atoms with Crippen LogP contribution in [-0.4, -0.2) is 53.6 Å². The summed E-state index contributed by atoms with van der Waals surface area (Å²) in [6.45, 7) is 3.16. The highest BCUT2D eigenvalue weighted by molar-refractivity contribution is 5.82. The molecule has 4 rings (SSSR count). The Kier molecular flexibility index (Phi) is 13.5. The summed E-state index contributed by atoms with van der Waals surface area (Å²) >= 11 is 0. The third kappa shape index (κ3) is 11.1. The quantitative estimate of drug-likeness (QED) is 0.149. The van der Waals surface area contributed by atoms with Gasteiger partial charge in [0.25, 0.3) is 0 Å². The number of aliphatic hydroxyl groups is 1. The molecule has 48 heavy (non-hydrogen) atoms. The molecule has 0 spiro atoms. The molecule has 0 aliphatic heterocycles. The molecule has 1 fully saturated rings. The van der Waals surface area contributed by atoms with E-state index in [9.17, 15) is 32.4 Å². The Morgan fingerprint density at radius 1 is 0.979 bits per heavy atom. The number of nitrogens with one attached hydrogen (secondary N) is 3. The number of amides is 2. The van der Waals surface area contributed by atoms with Gasteiger partial charge >= 0.3 is 12.3 Å². The summed E-state index contributed by atoms with van der Waals surface area (Å²) in [6, 6.07) is 16.9. The summed E-state index contributed by atoms with van der Waals surface area (Å²) in [5.41, 5.74) is 3.10. The fourth-order valence-corrected chi connectivity index (χ4v) is 4.92. The van der Waals surface area contributed by atoms with Crippen LogP contribution in [-0.2, 0) is 11.2 Å². The molecule has 3 atom stereocenters. The number of alkyl halides is 3. The monoisotopic (exact) mass is 667 g/mol. The normalized spacial score (nSPS) is 14.4. The second kappa shape index (κ2) is 17.3. The van der Waals surface area contributed by atoms with Crippen molar-refractivity contribution in [2.24, 2.45) is 5.92 Å². The maximum absolute atomic E-state index is 14.3. The number of halogens is 4. The van der Waals surface area contributed by atoms with Gasteiger partial charge in [-0.1, -0.05) is 68.4 Å². The summed E-state index contributed by atoms with van der Waals surface area (Å²) in [5, 5.41) is 41.1. The molecule has 5 N–H and O–H groups in total. The fraction of sp³-hybridized carbons (Fsp3) is 0.371. The first-order valence-electron chi connectivity index (χ1n) is 15.3. The Morgan fingerprint density at radius 2 is 1.58 bits per heavy atom. The van der Waals surface area contributed by atoms with Crippen LogP contribution in [0.2, 0.25) is 0 Å². The first-order chi connectivity index (χ1) is 22.8. The van der Waals surface area contributed by atoms with Crippen LogP contribution in [0.15, 0.2) is 66.7 Å². The van der Waals surface area contributed by atoms with Crippen molar-refractivity contribution < 1.29 is 37.4 Å². The minimum Gasteiger partial charge on any atom is -0.465 e. The number of carbonyl (C=O) groups is 2. The first kappa shape index (κ1) is 37.5. The minimum atomic E-state index is -4.71. The molecule has 1 aliphatic rings. The second-order valence-electron chi connectivity index (χ2n) is 11.6. The maximum atomic E-state index is 14.3. The predicted octanol–water partition coefficient (Wildman–Crippen LogP) is 5.96. The van der Waals surface area contributed by atoms with Gasteiger partial charge < -0.3 is 20.8 Å². The van der Waals surface area contributed by atoms with Crippen molar-refractivity contribution in [2.45, 2.75) is 63.3 Å². The van der Waals surface area contributed by atoms with Gasteiger partial charge in [-0.25, -0.2) is 9.18 Å². The third-order valence-electron chi connectivity index (χ3n) is 7.63. The Balaban J connectivity index is 0.000000804. The smallest absolute Gasteiger partial charge is 0.407 e. The average Bonchev–Trinajstić information content (AvgIpc) is 3.90. The standard InChI is InChI=1S/C32H30F4N4O.C3H7NO3/c1-19(2)29(31(41)39-27(18-38)16-26-4-3-20(17-37)15-28(26)33)40-30(32(34,35)36)25-13-11-24(12-14-25)23-9-7-22(8-10-23)21-5-6-21;5-2-1-4-3(6)7/h3-4,7-15,19,21,27,29-30,40H,5-6,16H2,1-2H3,(H,39,41);4-5H,1-2H2,(H,6,7)/t27-,29-,30-;/m0./s1. The van der Waals surface area contributed by atoms with E-state index in [-0.39, 0.29) is 36.3 Å². The van der Waals surface area contributed by atoms with Crippen LogP contribution in [0.5, 0.6) is 0 Å². The summed E-state index contributed by atoms with van der Waals surface area (Å²) in [4.78, 5) is 22.6. The molecule has 1 saturated carbocycles. The summed E-state index contributed by atoms with van der Waals surface area (Å²) in [7, 11) is 0. The molecule has 0 unspecified atom stereocenters. The molecule has 3 aromatic rings. The van der Waals surface area contributed by atoms with Crippen LogP contribution in [0.1, 0.15) is 60.9 Å². The van der Waals surface area contributed by atoms with E-state index in [0.717, 1.165) is 17.2 Å². The van der Waals surface area contributed by atoms with Gasteiger partial charge in [-0.3, -0.25) is 10.1 Å². The van der Waals surface area contributed by atoms with Gasteiger partial charge in [0.1, 0.15) is 17.9 Å². The molecule has 0 radical (unpaired) electrons. The van der Waals surface area contributed by atoms with Gasteiger partial charge in [-0.2, -0.15) is 23.7 Å². The van der Waals surface area contributed by atoms with Crippen molar-refractivity contribution in [3.8, 4) is 23.3 Å². The Hall–Kier alpha value is -4.98. The molecule has 3 aromatic carbocycles. The van der Waals surface area contributed by atoms with E-state index in [0.29, 0.717) is 5.92 Å². The van der Waals surface area contributed by atoms with Crippen LogP contribution in [0.25, 0.3) is 11.1 Å². The zero-order valence-corrected chi connectivity index (χ0v) is 26.4. The highest BCUT2D eigenvalue weighted by Crippen LogP contribution is 2.40. The molecule has 0 heterocycles. The largest absolute Gasteiger partial charge is 0.465 e. The van der Waals surface area contributed by atoms with Crippen molar-refractivity contribution in [2.75, 3.05) is 13.2 Å². The number of carboxylic acid groups (broad SMARTS) is 1. The van der Waals surface area contributed by atoms with E-state index >= 15 is 0 Å². The number of rotatable bonds is 12. The lowest BCUT2D eigenvalue weighted by molar-refractivity contribution is -0.161. The lowest BCUT2D eigenvalue weighted by atomic mass is 9.96. The van der Waals surface area contributed by atoms with Gasteiger partial charge in [0.2, 0.25) is 5.91 Å². The molecule has 254 valence electrons. The Labute approximate surface area is 276 Å². The number of hydrogen-bond acceptors (Lipinski definition) is 6. The van der Waals surface area contributed by atoms with E-state index in [1.165, 1.54) is 42.7 Å². The second-order valence-corrected chi connectivity index (χ2v) is 11.6. The Morgan fingerprint density at radius 3 is 2.02 bits per heavy atom. The molecule has 9 nitrogen and oxygen atoms in total. The molecule has 13 heteroatoms. The highest BCUT2D eigenvalue weighted by Gasteiger charge is 2.43. The van der Waals surface area contributed by atoms with Crippen molar-refractivity contribution in [1.29, 1.82) is 10.5 Å². The van der Waals surface area contributed by atoms with Gasteiger partial charge in [0, 0.05) is 13.0 Å². The first-order valence-corrected chi connectivity index (χ1v) is 15.3. The number of benzene rings is 3. The number of aliphatic hydroxyl groups excluding tert-OH is 1. The molecular formula is C35H37F4N5O4. The predicted molar refractivity (Wildman–Crippen MR) is 170 cm³/mol. The number of nitriles is 2. The van der Waals surface area contributed by atoms with Crippen LogP contribution in [0.4, 0.5) is 22.4 Å². The topological polar surface area (TPSA) is 158 Å². The van der Waals surface area contributed by atoms with Gasteiger partial charge in [0.15, 0.2) is 0 Å². The lowest BCUT2D eigenvalue weighted by Gasteiger charge is -2.30. The van der Waals surface area contributed by atoms with Crippen molar-refractivity contribution in [3.05, 3.63) is 94.8 Å².